The Kier molecular flexibility index (Phi) is 3.49. The van der Waals surface area contributed by atoms with Gasteiger partial charge in [-0.2, -0.15) is 0 Å². The number of nitrogens with two attached hydrogens (primary N) is 1. The average Bonchev–Trinajstić information content (AvgIpc) is 2.96. The van der Waals surface area contributed by atoms with Crippen LogP contribution in [0.25, 0.3) is 0 Å². The molecule has 2 N–H and O–H groups in total. The molecule has 1 aliphatic heterocycles. The van der Waals surface area contributed by atoms with E-state index in [0.29, 0.717) is 17.4 Å². The van der Waals surface area contributed by atoms with Gasteiger partial charge in [0.15, 0.2) is 11.5 Å². The molecule has 0 saturated carbocycles. The summed E-state index contributed by atoms with van der Waals surface area (Å²) in [5.74, 6) is 1.73. The van der Waals surface area contributed by atoms with Gasteiger partial charge in [0, 0.05) is 18.2 Å². The van der Waals surface area contributed by atoms with E-state index in [9.17, 15) is 4.79 Å². The highest BCUT2D eigenvalue weighted by atomic mass is 16.7. The van der Waals surface area contributed by atoms with E-state index in [0.717, 1.165) is 5.56 Å². The fraction of sp³-hybridized carbons (Fsp3) is 0.286. The highest BCUT2D eigenvalue weighted by Gasteiger charge is 2.17. The Labute approximate surface area is 120 Å². The van der Waals surface area contributed by atoms with Crippen molar-refractivity contribution in [3.8, 4) is 17.4 Å². The Morgan fingerprint density at radius 1 is 1.33 bits per heavy atom. The molecule has 0 bridgehead atoms. The Hall–Kier alpha value is -2.54. The minimum absolute atomic E-state index is 0.213. The summed E-state index contributed by atoms with van der Waals surface area (Å²) >= 11 is 0. The van der Waals surface area contributed by atoms with Gasteiger partial charge in [-0.05, 0) is 17.7 Å². The van der Waals surface area contributed by atoms with Crippen molar-refractivity contribution >= 4 is 0 Å². The standard InChI is InChI=1S/C14H15N3O4/c1-19-13-4-5-14(18)17(16-13)7-10(15)9-2-3-11-12(6-9)21-8-20-11/h2-6,10H,7-8,15H2,1H3. The molecule has 1 unspecified atom stereocenters. The number of benzene rings is 1. The molecule has 2 heterocycles. The number of ether oxygens (including phenoxy) is 3. The summed E-state index contributed by atoms with van der Waals surface area (Å²) in [5, 5.41) is 4.07. The quantitative estimate of drug-likeness (QED) is 0.890. The normalized spacial score (nSPS) is 14.0. The predicted molar refractivity (Wildman–Crippen MR) is 74.5 cm³/mol. The van der Waals surface area contributed by atoms with Crippen LogP contribution < -0.4 is 25.5 Å². The summed E-state index contributed by atoms with van der Waals surface area (Å²) < 4.78 is 16.9. The van der Waals surface area contributed by atoms with Gasteiger partial charge < -0.3 is 19.9 Å². The SMILES string of the molecule is COc1ccc(=O)n(CC(N)c2ccc3c(c2)OCO3)n1. The maximum absolute atomic E-state index is 11.8. The highest BCUT2D eigenvalue weighted by molar-refractivity contribution is 5.45. The van der Waals surface area contributed by atoms with E-state index in [1.807, 2.05) is 12.1 Å². The van der Waals surface area contributed by atoms with Gasteiger partial charge in [-0.25, -0.2) is 4.68 Å². The average molecular weight is 289 g/mol. The summed E-state index contributed by atoms with van der Waals surface area (Å²) in [7, 11) is 1.49. The Morgan fingerprint density at radius 2 is 2.14 bits per heavy atom. The second kappa shape index (κ2) is 5.45. The van der Waals surface area contributed by atoms with Crippen LogP contribution in [0.3, 0.4) is 0 Å². The lowest BCUT2D eigenvalue weighted by molar-refractivity contribution is 0.174. The fourth-order valence-electron chi connectivity index (χ4n) is 2.11. The first kappa shape index (κ1) is 13.4. The van der Waals surface area contributed by atoms with Gasteiger partial charge in [-0.15, -0.1) is 5.10 Å². The molecule has 7 nitrogen and oxygen atoms in total. The first-order valence-electron chi connectivity index (χ1n) is 6.44. The minimum atomic E-state index is -0.392. The molecule has 0 radical (unpaired) electrons. The van der Waals surface area contributed by atoms with Gasteiger partial charge in [-0.3, -0.25) is 4.79 Å². The summed E-state index contributed by atoms with van der Waals surface area (Å²) in [5.41, 5.74) is 6.76. The molecule has 3 rings (SSSR count). The van der Waals surface area contributed by atoms with Gasteiger partial charge in [0.1, 0.15) is 0 Å². The van der Waals surface area contributed by atoms with Gasteiger partial charge in [0.2, 0.25) is 12.7 Å². The third kappa shape index (κ3) is 2.68. The molecule has 0 amide bonds. The van der Waals surface area contributed by atoms with E-state index in [1.165, 1.54) is 23.9 Å². The number of hydrogen-bond donors (Lipinski definition) is 1. The molecule has 0 saturated heterocycles. The van der Waals surface area contributed by atoms with Crippen LogP contribution in [0, 0.1) is 0 Å². The van der Waals surface area contributed by atoms with Gasteiger partial charge in [-0.1, -0.05) is 6.07 Å². The second-order valence-electron chi connectivity index (χ2n) is 4.62. The second-order valence-corrected chi connectivity index (χ2v) is 4.62. The number of nitrogens with zero attached hydrogens (tertiary/aromatic N) is 2. The van der Waals surface area contributed by atoms with Gasteiger partial charge >= 0.3 is 0 Å². The lowest BCUT2D eigenvalue weighted by Gasteiger charge is -2.14. The van der Waals surface area contributed by atoms with Crippen LogP contribution >= 0.6 is 0 Å². The van der Waals surface area contributed by atoms with Crippen LogP contribution in [0.1, 0.15) is 11.6 Å². The summed E-state index contributed by atoms with van der Waals surface area (Å²) in [4.78, 5) is 11.8. The van der Waals surface area contributed by atoms with Crippen molar-refractivity contribution in [2.24, 2.45) is 5.73 Å². The highest BCUT2D eigenvalue weighted by Crippen LogP contribution is 2.33. The number of aromatic nitrogens is 2. The third-order valence-corrected chi connectivity index (χ3v) is 3.25. The Balaban J connectivity index is 1.83. The van der Waals surface area contributed by atoms with E-state index >= 15 is 0 Å². The number of methoxy groups -OCH3 is 1. The van der Waals surface area contributed by atoms with Crippen molar-refractivity contribution in [2.45, 2.75) is 12.6 Å². The molecule has 0 fully saturated rings. The Bertz CT molecular complexity index is 714. The first-order chi connectivity index (χ1) is 10.2. The summed E-state index contributed by atoms with van der Waals surface area (Å²) in [6, 6.07) is 8.00. The molecule has 1 aliphatic rings. The fourth-order valence-corrected chi connectivity index (χ4v) is 2.11. The summed E-state index contributed by atoms with van der Waals surface area (Å²) in [6.45, 7) is 0.459. The molecule has 2 aromatic rings. The minimum Gasteiger partial charge on any atom is -0.480 e. The molecule has 21 heavy (non-hydrogen) atoms. The molecular formula is C14H15N3O4. The molecule has 7 heteroatoms. The molecule has 1 aromatic heterocycles. The zero-order valence-corrected chi connectivity index (χ0v) is 11.5. The topological polar surface area (TPSA) is 88.6 Å². The monoisotopic (exact) mass is 289 g/mol. The van der Waals surface area contributed by atoms with E-state index in [-0.39, 0.29) is 18.9 Å². The van der Waals surface area contributed by atoms with Crippen molar-refractivity contribution < 1.29 is 14.2 Å². The molecule has 0 spiro atoms. The summed E-state index contributed by atoms with van der Waals surface area (Å²) in [6.07, 6.45) is 0. The van der Waals surface area contributed by atoms with Gasteiger partial charge in [0.05, 0.1) is 13.7 Å². The van der Waals surface area contributed by atoms with Crippen LogP contribution in [0.15, 0.2) is 35.1 Å². The van der Waals surface area contributed by atoms with Crippen molar-refractivity contribution in [1.29, 1.82) is 0 Å². The van der Waals surface area contributed by atoms with Crippen LogP contribution in [0.5, 0.6) is 17.4 Å². The van der Waals surface area contributed by atoms with Crippen LogP contribution in [0.2, 0.25) is 0 Å². The largest absolute Gasteiger partial charge is 0.480 e. The number of fused-ring (bicyclic) bond motifs is 1. The number of rotatable bonds is 4. The van der Waals surface area contributed by atoms with Crippen LogP contribution in [0.4, 0.5) is 0 Å². The zero-order valence-electron chi connectivity index (χ0n) is 11.5. The van der Waals surface area contributed by atoms with Crippen LogP contribution in [-0.2, 0) is 6.54 Å². The lowest BCUT2D eigenvalue weighted by atomic mass is 10.1. The first-order valence-corrected chi connectivity index (χ1v) is 6.44. The maximum Gasteiger partial charge on any atom is 0.267 e. The van der Waals surface area contributed by atoms with Crippen molar-refractivity contribution in [1.82, 2.24) is 9.78 Å². The van der Waals surface area contributed by atoms with E-state index in [1.54, 1.807) is 6.07 Å². The predicted octanol–water partition coefficient (Wildman–Crippen LogP) is 0.681. The van der Waals surface area contributed by atoms with E-state index in [4.69, 9.17) is 19.9 Å². The van der Waals surface area contributed by atoms with E-state index in [2.05, 4.69) is 5.10 Å². The van der Waals surface area contributed by atoms with Gasteiger partial charge in [0.25, 0.3) is 5.56 Å². The molecule has 1 atom stereocenters. The maximum atomic E-state index is 11.8. The van der Waals surface area contributed by atoms with Crippen molar-refractivity contribution in [3.05, 3.63) is 46.2 Å². The van der Waals surface area contributed by atoms with Crippen LogP contribution in [-0.4, -0.2) is 23.7 Å². The van der Waals surface area contributed by atoms with E-state index < -0.39 is 6.04 Å². The zero-order chi connectivity index (χ0) is 14.8. The number of hydrogen-bond acceptors (Lipinski definition) is 6. The molecule has 0 aliphatic carbocycles. The Morgan fingerprint density at radius 3 is 2.95 bits per heavy atom. The third-order valence-electron chi connectivity index (χ3n) is 3.25. The lowest BCUT2D eigenvalue weighted by Crippen LogP contribution is -2.28. The molecule has 110 valence electrons. The van der Waals surface area contributed by atoms with Crippen molar-refractivity contribution in [2.75, 3.05) is 13.9 Å². The molecule has 1 aromatic carbocycles. The molecular weight excluding hydrogens is 274 g/mol. The van der Waals surface area contributed by atoms with Crippen molar-refractivity contribution in [3.63, 3.8) is 0 Å². The smallest absolute Gasteiger partial charge is 0.267 e.